The number of hydrazine groups is 1. The number of ether oxygens (including phenoxy) is 1. The third-order valence-electron chi connectivity index (χ3n) is 3.33. The van der Waals surface area contributed by atoms with E-state index in [2.05, 4.69) is 21.4 Å². The Hall–Kier alpha value is -0.200. The van der Waals surface area contributed by atoms with E-state index in [0.717, 1.165) is 0 Å². The third kappa shape index (κ3) is 3.47. The van der Waals surface area contributed by atoms with Gasteiger partial charge in [0.1, 0.15) is 5.82 Å². The van der Waals surface area contributed by atoms with E-state index >= 15 is 0 Å². The molecule has 0 radical (unpaired) electrons. The molecular formula is C13H19BrClFN2O. The van der Waals surface area contributed by atoms with Gasteiger partial charge in [-0.3, -0.25) is 5.84 Å². The van der Waals surface area contributed by atoms with E-state index in [4.69, 9.17) is 22.2 Å². The highest BCUT2D eigenvalue weighted by molar-refractivity contribution is 9.10. The second-order valence-electron chi connectivity index (χ2n) is 4.46. The van der Waals surface area contributed by atoms with Crippen LogP contribution in [0, 0.1) is 5.82 Å². The zero-order chi connectivity index (χ0) is 14.6. The van der Waals surface area contributed by atoms with Crippen molar-refractivity contribution < 1.29 is 9.13 Å². The van der Waals surface area contributed by atoms with Gasteiger partial charge in [0.15, 0.2) is 0 Å². The van der Waals surface area contributed by atoms with Gasteiger partial charge in [-0.15, -0.1) is 0 Å². The number of nitrogens with one attached hydrogen (secondary N) is 1. The molecule has 6 heteroatoms. The molecule has 0 bridgehead atoms. The molecule has 0 spiro atoms. The van der Waals surface area contributed by atoms with Crippen molar-refractivity contribution in [1.29, 1.82) is 0 Å². The van der Waals surface area contributed by atoms with Crippen LogP contribution in [0.5, 0.6) is 0 Å². The summed E-state index contributed by atoms with van der Waals surface area (Å²) in [5, 5.41) is 0.0488. The fourth-order valence-corrected chi connectivity index (χ4v) is 2.56. The van der Waals surface area contributed by atoms with Gasteiger partial charge in [-0.2, -0.15) is 0 Å². The maximum atomic E-state index is 14.3. The SMILES string of the molecule is CCOC(C)(CC)C(NN)c1ccc(Br)c(Cl)c1F. The van der Waals surface area contributed by atoms with Gasteiger partial charge >= 0.3 is 0 Å². The van der Waals surface area contributed by atoms with Crippen LogP contribution in [0.3, 0.4) is 0 Å². The zero-order valence-electron chi connectivity index (χ0n) is 11.3. The van der Waals surface area contributed by atoms with Crippen LogP contribution in [-0.4, -0.2) is 12.2 Å². The quantitative estimate of drug-likeness (QED) is 0.462. The predicted molar refractivity (Wildman–Crippen MR) is 79.5 cm³/mol. The van der Waals surface area contributed by atoms with Crippen LogP contribution in [0.25, 0.3) is 0 Å². The summed E-state index contributed by atoms with van der Waals surface area (Å²) in [6.07, 6.45) is 0.683. The van der Waals surface area contributed by atoms with Crippen LogP contribution in [0.2, 0.25) is 5.02 Å². The lowest BCUT2D eigenvalue weighted by molar-refractivity contribution is -0.0571. The second-order valence-corrected chi connectivity index (χ2v) is 5.70. The Morgan fingerprint density at radius 3 is 2.63 bits per heavy atom. The van der Waals surface area contributed by atoms with Gasteiger partial charge in [-0.25, -0.2) is 9.82 Å². The highest BCUT2D eigenvalue weighted by Gasteiger charge is 2.36. The normalized spacial score (nSPS) is 16.2. The van der Waals surface area contributed by atoms with E-state index in [9.17, 15) is 4.39 Å². The van der Waals surface area contributed by atoms with Crippen LogP contribution in [0.1, 0.15) is 38.8 Å². The lowest BCUT2D eigenvalue weighted by Crippen LogP contribution is -2.46. The molecule has 1 rings (SSSR count). The summed E-state index contributed by atoms with van der Waals surface area (Å²) >= 11 is 9.12. The standard InChI is InChI=1S/C13H19BrClFN2O/c1-4-13(3,19-5-2)12(18-17)8-6-7-9(14)10(15)11(8)16/h6-7,12,18H,4-5,17H2,1-3H3. The minimum atomic E-state index is -0.610. The van der Waals surface area contributed by atoms with Gasteiger partial charge in [0.2, 0.25) is 0 Å². The van der Waals surface area contributed by atoms with Crippen molar-refractivity contribution in [2.24, 2.45) is 5.84 Å². The van der Waals surface area contributed by atoms with Crippen molar-refractivity contribution in [1.82, 2.24) is 5.43 Å². The molecule has 0 amide bonds. The molecule has 3 nitrogen and oxygen atoms in total. The van der Waals surface area contributed by atoms with E-state index in [1.54, 1.807) is 12.1 Å². The van der Waals surface area contributed by atoms with Gasteiger partial charge in [0, 0.05) is 16.6 Å². The molecule has 0 aliphatic heterocycles. The van der Waals surface area contributed by atoms with Gasteiger partial charge in [0.25, 0.3) is 0 Å². The minimum absolute atomic E-state index is 0.0488. The van der Waals surface area contributed by atoms with Crippen LogP contribution >= 0.6 is 27.5 Å². The summed E-state index contributed by atoms with van der Waals surface area (Å²) in [5.41, 5.74) is 2.43. The number of hydrogen-bond donors (Lipinski definition) is 2. The van der Waals surface area contributed by atoms with Crippen molar-refractivity contribution in [2.45, 2.75) is 38.8 Å². The maximum Gasteiger partial charge on any atom is 0.147 e. The summed E-state index contributed by atoms with van der Waals surface area (Å²) in [6.45, 7) is 6.29. The van der Waals surface area contributed by atoms with Gasteiger partial charge in [0.05, 0.1) is 16.7 Å². The first-order valence-corrected chi connectivity index (χ1v) is 7.31. The lowest BCUT2D eigenvalue weighted by atomic mass is 9.87. The van der Waals surface area contributed by atoms with Crippen molar-refractivity contribution in [3.63, 3.8) is 0 Å². The molecule has 1 aromatic carbocycles. The first-order valence-electron chi connectivity index (χ1n) is 6.14. The first kappa shape index (κ1) is 16.9. The molecule has 0 fully saturated rings. The fraction of sp³-hybridized carbons (Fsp3) is 0.538. The maximum absolute atomic E-state index is 14.3. The van der Waals surface area contributed by atoms with Gasteiger partial charge < -0.3 is 4.74 Å². The summed E-state index contributed by atoms with van der Waals surface area (Å²) in [4.78, 5) is 0. The van der Waals surface area contributed by atoms with Gasteiger partial charge in [-0.1, -0.05) is 24.6 Å². The summed E-state index contributed by atoms with van der Waals surface area (Å²) in [5.74, 6) is 5.11. The van der Waals surface area contributed by atoms with E-state index < -0.39 is 17.5 Å². The molecule has 0 aromatic heterocycles. The van der Waals surface area contributed by atoms with Crippen molar-refractivity contribution in [3.05, 3.63) is 33.0 Å². The van der Waals surface area contributed by atoms with Crippen LogP contribution in [-0.2, 0) is 4.74 Å². The van der Waals surface area contributed by atoms with Gasteiger partial charge in [-0.05, 0) is 42.3 Å². The molecule has 2 atom stereocenters. The Morgan fingerprint density at radius 2 is 2.16 bits per heavy atom. The molecule has 0 aliphatic carbocycles. The van der Waals surface area contributed by atoms with Crippen molar-refractivity contribution in [3.8, 4) is 0 Å². The third-order valence-corrected chi connectivity index (χ3v) is 4.59. The lowest BCUT2D eigenvalue weighted by Gasteiger charge is -2.36. The monoisotopic (exact) mass is 352 g/mol. The van der Waals surface area contributed by atoms with Crippen molar-refractivity contribution in [2.75, 3.05) is 6.61 Å². The first-order chi connectivity index (χ1) is 8.91. The summed E-state index contributed by atoms with van der Waals surface area (Å²) in [7, 11) is 0. The molecule has 1 aromatic rings. The molecule has 0 saturated heterocycles. The molecule has 3 N–H and O–H groups in total. The van der Waals surface area contributed by atoms with Crippen LogP contribution < -0.4 is 11.3 Å². The number of benzene rings is 1. The van der Waals surface area contributed by atoms with E-state index in [1.807, 2.05) is 20.8 Å². The predicted octanol–water partition coefficient (Wildman–Crippen LogP) is 3.95. The molecule has 19 heavy (non-hydrogen) atoms. The van der Waals surface area contributed by atoms with E-state index in [-0.39, 0.29) is 5.02 Å². The highest BCUT2D eigenvalue weighted by Crippen LogP contribution is 2.37. The Kier molecular flexibility index (Phi) is 6.20. The Bertz CT molecular complexity index is 447. The zero-order valence-corrected chi connectivity index (χ0v) is 13.6. The largest absolute Gasteiger partial charge is 0.374 e. The number of hydrogen-bond acceptors (Lipinski definition) is 3. The van der Waals surface area contributed by atoms with Crippen LogP contribution in [0.4, 0.5) is 4.39 Å². The highest BCUT2D eigenvalue weighted by atomic mass is 79.9. The minimum Gasteiger partial charge on any atom is -0.374 e. The Morgan fingerprint density at radius 1 is 1.53 bits per heavy atom. The molecule has 0 saturated carbocycles. The van der Waals surface area contributed by atoms with E-state index in [0.29, 0.717) is 23.1 Å². The molecule has 108 valence electrons. The molecule has 2 unspecified atom stereocenters. The number of rotatable bonds is 6. The molecular weight excluding hydrogens is 335 g/mol. The van der Waals surface area contributed by atoms with E-state index in [1.165, 1.54) is 0 Å². The topological polar surface area (TPSA) is 47.3 Å². The average Bonchev–Trinajstić information content (AvgIpc) is 2.39. The average molecular weight is 354 g/mol. The molecule has 0 heterocycles. The second kappa shape index (κ2) is 6.99. The summed E-state index contributed by atoms with van der Waals surface area (Å²) in [6, 6.07) is 2.87. The smallest absolute Gasteiger partial charge is 0.147 e. The Labute approximate surface area is 126 Å². The Balaban J connectivity index is 3.27. The molecule has 0 aliphatic rings. The van der Waals surface area contributed by atoms with Crippen molar-refractivity contribution >= 4 is 27.5 Å². The van der Waals surface area contributed by atoms with Crippen LogP contribution in [0.15, 0.2) is 16.6 Å². The number of nitrogens with two attached hydrogens (primary N) is 1. The fourth-order valence-electron chi connectivity index (χ4n) is 2.08. The number of halogens is 3. The summed E-state index contributed by atoms with van der Waals surface area (Å²) < 4.78 is 20.6.